The highest BCUT2D eigenvalue weighted by Gasteiger charge is 2.34. The van der Waals surface area contributed by atoms with Crippen molar-refractivity contribution in [2.75, 3.05) is 31.2 Å². The number of hydrogen-bond acceptors (Lipinski definition) is 8. The second-order valence-electron chi connectivity index (χ2n) is 8.15. The Hall–Kier alpha value is -3.07. The summed E-state index contributed by atoms with van der Waals surface area (Å²) in [6.07, 6.45) is 2.15. The lowest BCUT2D eigenvalue weighted by molar-refractivity contribution is 0.0252. The number of esters is 1. The number of anilines is 1. The number of oxazole rings is 1. The number of aromatic nitrogens is 1. The molecule has 1 N–H and O–H groups in total. The van der Waals surface area contributed by atoms with Crippen molar-refractivity contribution in [1.29, 1.82) is 0 Å². The quantitative estimate of drug-likeness (QED) is 0.384. The van der Waals surface area contributed by atoms with E-state index in [0.29, 0.717) is 50.9 Å². The Morgan fingerprint density at radius 1 is 1.18 bits per heavy atom. The normalized spacial score (nSPS) is 17.9. The number of carbonyl (C=O) groups is 2. The van der Waals surface area contributed by atoms with Gasteiger partial charge >= 0.3 is 12.1 Å². The average molecular weight is 474 g/mol. The molecule has 1 aliphatic heterocycles. The van der Waals surface area contributed by atoms with Crippen molar-refractivity contribution >= 4 is 18.1 Å². The lowest BCUT2D eigenvalue weighted by Gasteiger charge is -2.37. The lowest BCUT2D eigenvalue weighted by Crippen LogP contribution is -2.55. The number of alkyl carbamates (subject to hydrolysis) is 1. The molecule has 1 aromatic heterocycles. The number of hydrogen-bond donors (Lipinski definition) is 1. The molecule has 0 spiro atoms. The van der Waals surface area contributed by atoms with Gasteiger partial charge in [-0.2, -0.15) is 4.98 Å². The molecule has 0 aliphatic carbocycles. The monoisotopic (exact) mass is 473 g/mol. The van der Waals surface area contributed by atoms with Crippen LogP contribution >= 0.6 is 0 Å². The van der Waals surface area contributed by atoms with Crippen LogP contribution in [-0.2, 0) is 27.2 Å². The number of aryl methyl sites for hydroxylation is 1. The van der Waals surface area contributed by atoms with E-state index in [2.05, 4.69) is 10.3 Å². The molecule has 1 aromatic carbocycles. The maximum absolute atomic E-state index is 12.5. The maximum atomic E-state index is 12.5. The number of benzene rings is 1. The molecular formula is C25H35N3O6. The molecule has 1 saturated heterocycles. The summed E-state index contributed by atoms with van der Waals surface area (Å²) in [5.74, 6) is 0.0496. The van der Waals surface area contributed by atoms with Gasteiger partial charge in [0.25, 0.3) is 6.01 Å². The number of amides is 1. The van der Waals surface area contributed by atoms with Crippen molar-refractivity contribution in [3.63, 3.8) is 0 Å². The molecule has 3 rings (SSSR count). The average Bonchev–Trinajstić information content (AvgIpc) is 3.29. The van der Waals surface area contributed by atoms with E-state index in [1.165, 1.54) is 0 Å². The fourth-order valence-corrected chi connectivity index (χ4v) is 3.81. The molecule has 2 heterocycles. The summed E-state index contributed by atoms with van der Waals surface area (Å²) in [6, 6.07) is 9.70. The largest absolute Gasteiger partial charge is 0.461 e. The summed E-state index contributed by atoms with van der Waals surface area (Å²) < 4.78 is 22.5. The van der Waals surface area contributed by atoms with E-state index >= 15 is 0 Å². The molecule has 9 nitrogen and oxygen atoms in total. The highest BCUT2D eigenvalue weighted by Crippen LogP contribution is 2.25. The van der Waals surface area contributed by atoms with Crippen molar-refractivity contribution in [2.45, 2.75) is 65.2 Å². The summed E-state index contributed by atoms with van der Waals surface area (Å²) in [5.41, 5.74) is 1.15. The molecule has 0 bridgehead atoms. The third kappa shape index (κ3) is 6.96. The molecule has 9 heteroatoms. The minimum Gasteiger partial charge on any atom is -0.461 e. The second-order valence-corrected chi connectivity index (χ2v) is 8.15. The van der Waals surface area contributed by atoms with Crippen molar-refractivity contribution in [2.24, 2.45) is 0 Å². The van der Waals surface area contributed by atoms with Gasteiger partial charge in [0.2, 0.25) is 0 Å². The van der Waals surface area contributed by atoms with Crippen molar-refractivity contribution in [1.82, 2.24) is 10.3 Å². The topological polar surface area (TPSA) is 103 Å². The maximum Gasteiger partial charge on any atom is 0.407 e. The Morgan fingerprint density at radius 2 is 1.97 bits per heavy atom. The first-order valence-corrected chi connectivity index (χ1v) is 12.1. The van der Waals surface area contributed by atoms with E-state index in [-0.39, 0.29) is 24.4 Å². The molecule has 0 saturated carbocycles. The van der Waals surface area contributed by atoms with Crippen LogP contribution in [0.1, 0.15) is 61.8 Å². The SMILES string of the molecule is CCCCOC(=O)c1nc(N2CCC(NC(=O)OCc3ccccc3)C(OCC)C2)oc1CC. The minimum atomic E-state index is -0.478. The van der Waals surface area contributed by atoms with E-state index in [4.69, 9.17) is 18.6 Å². The van der Waals surface area contributed by atoms with Crippen molar-refractivity contribution < 1.29 is 28.2 Å². The molecule has 1 aliphatic rings. The Bertz CT molecular complexity index is 917. The van der Waals surface area contributed by atoms with Crippen LogP contribution in [0.15, 0.2) is 34.7 Å². The summed E-state index contributed by atoms with van der Waals surface area (Å²) in [5, 5.41) is 2.93. The van der Waals surface area contributed by atoms with E-state index in [1.807, 2.05) is 56.0 Å². The van der Waals surface area contributed by atoms with Crippen LogP contribution < -0.4 is 10.2 Å². The van der Waals surface area contributed by atoms with E-state index in [0.717, 1.165) is 18.4 Å². The van der Waals surface area contributed by atoms with Gasteiger partial charge in [0.1, 0.15) is 12.4 Å². The third-order valence-corrected chi connectivity index (χ3v) is 5.66. The van der Waals surface area contributed by atoms with E-state index in [1.54, 1.807) is 0 Å². The number of rotatable bonds is 11. The molecular weight excluding hydrogens is 438 g/mol. The first-order valence-electron chi connectivity index (χ1n) is 12.1. The standard InChI is InChI=1S/C25H35N3O6/c1-4-7-15-32-23(29)22-20(5-2)34-24(27-22)28-14-13-19(21(16-28)31-6-3)26-25(30)33-17-18-11-9-8-10-12-18/h8-12,19,21H,4-7,13-17H2,1-3H3,(H,26,30). The molecule has 2 aromatic rings. The van der Waals surface area contributed by atoms with Crippen LogP contribution in [0.3, 0.4) is 0 Å². The first-order chi connectivity index (χ1) is 16.5. The van der Waals surface area contributed by atoms with Crippen LogP contribution in [0.25, 0.3) is 0 Å². The second kappa shape index (κ2) is 13.0. The number of unbranched alkanes of at least 4 members (excludes halogenated alkanes) is 1. The molecule has 0 radical (unpaired) electrons. The smallest absolute Gasteiger partial charge is 0.407 e. The zero-order chi connectivity index (χ0) is 24.3. The number of carbonyl (C=O) groups excluding carboxylic acids is 2. The fraction of sp³-hybridized carbons (Fsp3) is 0.560. The number of nitrogens with zero attached hydrogens (tertiary/aromatic N) is 2. The van der Waals surface area contributed by atoms with E-state index < -0.39 is 12.1 Å². The number of piperidine rings is 1. The Labute approximate surface area is 200 Å². The Kier molecular flexibility index (Phi) is 9.75. The van der Waals surface area contributed by atoms with Gasteiger partial charge in [-0.25, -0.2) is 9.59 Å². The predicted octanol–water partition coefficient (Wildman–Crippen LogP) is 4.10. The summed E-state index contributed by atoms with van der Waals surface area (Å²) in [6.45, 7) is 7.98. The van der Waals surface area contributed by atoms with Gasteiger partial charge < -0.3 is 28.8 Å². The molecule has 2 unspecified atom stereocenters. The van der Waals surface area contributed by atoms with Gasteiger partial charge in [0.15, 0.2) is 5.69 Å². The van der Waals surface area contributed by atoms with Crippen LogP contribution in [0.5, 0.6) is 0 Å². The molecule has 186 valence electrons. The molecule has 2 atom stereocenters. The van der Waals surface area contributed by atoms with E-state index in [9.17, 15) is 9.59 Å². The summed E-state index contributed by atoms with van der Waals surface area (Å²) in [7, 11) is 0. The predicted molar refractivity (Wildman–Crippen MR) is 127 cm³/mol. The highest BCUT2D eigenvalue weighted by atomic mass is 16.6. The molecule has 34 heavy (non-hydrogen) atoms. The number of nitrogens with one attached hydrogen (secondary N) is 1. The Balaban J connectivity index is 1.60. The summed E-state index contributed by atoms with van der Waals surface area (Å²) in [4.78, 5) is 31.2. The Morgan fingerprint density at radius 3 is 2.68 bits per heavy atom. The highest BCUT2D eigenvalue weighted by molar-refractivity contribution is 5.88. The fourth-order valence-electron chi connectivity index (χ4n) is 3.81. The van der Waals surface area contributed by atoms with Gasteiger partial charge in [-0.1, -0.05) is 50.6 Å². The molecule has 1 fully saturated rings. The molecule has 1 amide bonds. The van der Waals surface area contributed by atoms with Crippen LogP contribution in [0, 0.1) is 0 Å². The van der Waals surface area contributed by atoms with Gasteiger partial charge in [-0.15, -0.1) is 0 Å². The van der Waals surface area contributed by atoms with Gasteiger partial charge in [0, 0.05) is 19.6 Å². The zero-order valence-corrected chi connectivity index (χ0v) is 20.2. The zero-order valence-electron chi connectivity index (χ0n) is 20.2. The first kappa shape index (κ1) is 25.6. The van der Waals surface area contributed by atoms with Crippen LogP contribution in [0.4, 0.5) is 10.8 Å². The van der Waals surface area contributed by atoms with Crippen molar-refractivity contribution in [3.8, 4) is 0 Å². The van der Waals surface area contributed by atoms with Gasteiger partial charge in [-0.3, -0.25) is 0 Å². The van der Waals surface area contributed by atoms with Gasteiger partial charge in [-0.05, 0) is 25.3 Å². The summed E-state index contributed by atoms with van der Waals surface area (Å²) >= 11 is 0. The van der Waals surface area contributed by atoms with Crippen LogP contribution in [-0.4, -0.2) is 55.5 Å². The number of ether oxygens (including phenoxy) is 3. The van der Waals surface area contributed by atoms with Gasteiger partial charge in [0.05, 0.1) is 25.3 Å². The minimum absolute atomic E-state index is 0.206. The van der Waals surface area contributed by atoms with Crippen LogP contribution in [0.2, 0.25) is 0 Å². The third-order valence-electron chi connectivity index (χ3n) is 5.66. The van der Waals surface area contributed by atoms with Crippen molar-refractivity contribution in [3.05, 3.63) is 47.3 Å². The lowest BCUT2D eigenvalue weighted by atomic mass is 10.0.